The van der Waals surface area contributed by atoms with Crippen LogP contribution in [0.5, 0.6) is 5.75 Å². The van der Waals surface area contributed by atoms with Crippen molar-refractivity contribution < 1.29 is 4.74 Å². The average Bonchev–Trinajstić information content (AvgIpc) is 2.41. The molecule has 0 aliphatic heterocycles. The molecule has 0 aliphatic rings. The van der Waals surface area contributed by atoms with Crippen LogP contribution < -0.4 is 10.1 Å². The number of hydrogen-bond acceptors (Lipinski definition) is 4. The highest BCUT2D eigenvalue weighted by Crippen LogP contribution is 2.17. The molecule has 1 aromatic heterocycles. The Morgan fingerprint density at radius 2 is 1.95 bits per heavy atom. The van der Waals surface area contributed by atoms with Crippen LogP contribution in [0, 0.1) is 0 Å². The minimum Gasteiger partial charge on any atom is -0.492 e. The Hall–Kier alpha value is -1.13. The molecule has 1 N–H and O–H groups in total. The van der Waals surface area contributed by atoms with Gasteiger partial charge in [-0.25, -0.2) is 0 Å². The summed E-state index contributed by atoms with van der Waals surface area (Å²) in [5.41, 5.74) is 1.20. The number of pyridine rings is 1. The normalized spacial score (nSPS) is 11.9. The third kappa shape index (κ3) is 6.35. The number of rotatable bonds is 8. The van der Waals surface area contributed by atoms with Gasteiger partial charge in [0, 0.05) is 36.6 Å². The van der Waals surface area contributed by atoms with Crippen LogP contribution in [0.4, 0.5) is 0 Å². The van der Waals surface area contributed by atoms with Crippen molar-refractivity contribution in [3.05, 3.63) is 24.0 Å². The van der Waals surface area contributed by atoms with Gasteiger partial charge < -0.3 is 15.0 Å². The second kappa shape index (κ2) is 8.22. The molecule has 114 valence electrons. The van der Waals surface area contributed by atoms with E-state index in [1.165, 1.54) is 0 Å². The summed E-state index contributed by atoms with van der Waals surface area (Å²) >= 11 is 0. The standard InChI is InChI=1S/C16H29N3O/c1-6-19(7-2)10-11-20-15-8-9-17-12-14(15)13-18-16(3,4)5/h8-9,12,18H,6-7,10-11,13H2,1-5H3. The zero-order valence-electron chi connectivity index (χ0n) is 13.6. The molecule has 0 unspecified atom stereocenters. The maximum atomic E-state index is 5.91. The van der Waals surface area contributed by atoms with Crippen molar-refractivity contribution in [2.45, 2.75) is 46.7 Å². The molecule has 4 nitrogen and oxygen atoms in total. The second-order valence-corrected chi connectivity index (χ2v) is 5.96. The number of hydrogen-bond donors (Lipinski definition) is 1. The first kappa shape index (κ1) is 16.9. The van der Waals surface area contributed by atoms with Crippen LogP contribution in [0.1, 0.15) is 40.2 Å². The van der Waals surface area contributed by atoms with Crippen LogP contribution >= 0.6 is 0 Å². The molecule has 1 heterocycles. The highest BCUT2D eigenvalue weighted by Gasteiger charge is 2.11. The van der Waals surface area contributed by atoms with Gasteiger partial charge in [0.1, 0.15) is 12.4 Å². The summed E-state index contributed by atoms with van der Waals surface area (Å²) in [6, 6.07) is 1.95. The number of nitrogens with zero attached hydrogens (tertiary/aromatic N) is 2. The number of likely N-dealkylation sites (N-methyl/N-ethyl adjacent to an activating group) is 1. The van der Waals surface area contributed by atoms with Crippen molar-refractivity contribution in [2.75, 3.05) is 26.2 Å². The quantitative estimate of drug-likeness (QED) is 0.794. The number of nitrogens with one attached hydrogen (secondary N) is 1. The molecule has 0 radical (unpaired) electrons. The molecule has 0 saturated heterocycles. The van der Waals surface area contributed by atoms with Gasteiger partial charge in [-0.05, 0) is 39.9 Å². The minimum atomic E-state index is 0.0916. The molecular formula is C16H29N3O. The zero-order chi connectivity index (χ0) is 15.0. The lowest BCUT2D eigenvalue weighted by Gasteiger charge is -2.22. The molecule has 1 rings (SSSR count). The van der Waals surface area contributed by atoms with E-state index in [4.69, 9.17) is 4.74 Å². The summed E-state index contributed by atoms with van der Waals surface area (Å²) in [7, 11) is 0. The van der Waals surface area contributed by atoms with Crippen molar-refractivity contribution in [3.63, 3.8) is 0 Å². The fraction of sp³-hybridized carbons (Fsp3) is 0.688. The summed E-state index contributed by atoms with van der Waals surface area (Å²) in [4.78, 5) is 6.55. The SMILES string of the molecule is CCN(CC)CCOc1ccncc1CNC(C)(C)C. The summed E-state index contributed by atoms with van der Waals surface area (Å²) in [6.07, 6.45) is 3.67. The van der Waals surface area contributed by atoms with E-state index in [0.717, 1.165) is 37.5 Å². The number of ether oxygens (including phenoxy) is 1. The molecule has 0 atom stereocenters. The van der Waals surface area contributed by atoms with Crippen molar-refractivity contribution >= 4 is 0 Å². The van der Waals surface area contributed by atoms with E-state index in [0.29, 0.717) is 6.61 Å². The van der Waals surface area contributed by atoms with E-state index in [1.54, 1.807) is 6.20 Å². The Morgan fingerprint density at radius 1 is 1.25 bits per heavy atom. The van der Waals surface area contributed by atoms with Crippen molar-refractivity contribution in [3.8, 4) is 5.75 Å². The zero-order valence-corrected chi connectivity index (χ0v) is 13.6. The molecule has 0 amide bonds. The summed E-state index contributed by atoms with van der Waals surface area (Å²) in [5, 5.41) is 3.47. The van der Waals surface area contributed by atoms with Gasteiger partial charge in [-0.3, -0.25) is 4.98 Å². The molecule has 20 heavy (non-hydrogen) atoms. The van der Waals surface area contributed by atoms with Crippen LogP contribution in [0.3, 0.4) is 0 Å². The number of aromatic nitrogens is 1. The Bertz CT molecular complexity index is 384. The molecule has 0 bridgehead atoms. The van der Waals surface area contributed by atoms with Crippen LogP contribution in [-0.2, 0) is 6.54 Å². The Kier molecular flexibility index (Phi) is 6.96. The molecule has 0 aromatic carbocycles. The fourth-order valence-electron chi connectivity index (χ4n) is 1.87. The molecule has 0 saturated carbocycles. The van der Waals surface area contributed by atoms with Gasteiger partial charge in [0.2, 0.25) is 0 Å². The molecular weight excluding hydrogens is 250 g/mol. The first-order valence-corrected chi connectivity index (χ1v) is 7.49. The highest BCUT2D eigenvalue weighted by atomic mass is 16.5. The first-order valence-electron chi connectivity index (χ1n) is 7.49. The van der Waals surface area contributed by atoms with E-state index in [9.17, 15) is 0 Å². The maximum absolute atomic E-state index is 5.91. The van der Waals surface area contributed by atoms with Gasteiger partial charge in [0.25, 0.3) is 0 Å². The van der Waals surface area contributed by atoms with E-state index < -0.39 is 0 Å². The van der Waals surface area contributed by atoms with Gasteiger partial charge in [-0.1, -0.05) is 13.8 Å². The van der Waals surface area contributed by atoms with Crippen molar-refractivity contribution in [1.29, 1.82) is 0 Å². The van der Waals surface area contributed by atoms with E-state index in [2.05, 4.69) is 49.8 Å². The molecule has 0 fully saturated rings. The van der Waals surface area contributed by atoms with Gasteiger partial charge in [-0.15, -0.1) is 0 Å². The topological polar surface area (TPSA) is 37.4 Å². The third-order valence-electron chi connectivity index (χ3n) is 3.23. The van der Waals surface area contributed by atoms with Gasteiger partial charge in [0.05, 0.1) is 0 Å². The minimum absolute atomic E-state index is 0.0916. The van der Waals surface area contributed by atoms with Crippen LogP contribution in [0.2, 0.25) is 0 Å². The lowest BCUT2D eigenvalue weighted by Crippen LogP contribution is -2.35. The van der Waals surface area contributed by atoms with Crippen LogP contribution in [0.15, 0.2) is 18.5 Å². The Morgan fingerprint density at radius 3 is 2.55 bits per heavy atom. The smallest absolute Gasteiger partial charge is 0.126 e. The average molecular weight is 279 g/mol. The summed E-state index contributed by atoms with van der Waals surface area (Å²) in [6.45, 7) is 15.4. The predicted octanol–water partition coefficient (Wildman–Crippen LogP) is 2.69. The first-order chi connectivity index (χ1) is 9.46. The largest absolute Gasteiger partial charge is 0.492 e. The molecule has 0 spiro atoms. The van der Waals surface area contributed by atoms with Gasteiger partial charge >= 0.3 is 0 Å². The Labute approximate surface area is 123 Å². The summed E-state index contributed by atoms with van der Waals surface area (Å²) < 4.78 is 5.91. The van der Waals surface area contributed by atoms with Crippen LogP contribution in [-0.4, -0.2) is 41.7 Å². The maximum Gasteiger partial charge on any atom is 0.126 e. The van der Waals surface area contributed by atoms with E-state index in [1.807, 2.05) is 12.3 Å². The third-order valence-corrected chi connectivity index (χ3v) is 3.23. The fourth-order valence-corrected chi connectivity index (χ4v) is 1.87. The lowest BCUT2D eigenvalue weighted by atomic mass is 10.1. The van der Waals surface area contributed by atoms with Gasteiger partial charge in [0.15, 0.2) is 0 Å². The van der Waals surface area contributed by atoms with Crippen molar-refractivity contribution in [1.82, 2.24) is 15.2 Å². The summed E-state index contributed by atoms with van der Waals surface area (Å²) in [5.74, 6) is 0.934. The van der Waals surface area contributed by atoms with Crippen LogP contribution in [0.25, 0.3) is 0 Å². The Balaban J connectivity index is 2.53. The predicted molar refractivity (Wildman–Crippen MR) is 84.1 cm³/mol. The molecule has 4 heteroatoms. The van der Waals surface area contributed by atoms with Gasteiger partial charge in [-0.2, -0.15) is 0 Å². The van der Waals surface area contributed by atoms with Crippen molar-refractivity contribution in [2.24, 2.45) is 0 Å². The second-order valence-electron chi connectivity index (χ2n) is 5.96. The highest BCUT2D eigenvalue weighted by molar-refractivity contribution is 5.30. The van der Waals surface area contributed by atoms with E-state index in [-0.39, 0.29) is 5.54 Å². The molecule has 1 aromatic rings. The lowest BCUT2D eigenvalue weighted by molar-refractivity contribution is 0.221. The molecule has 0 aliphatic carbocycles. The van der Waals surface area contributed by atoms with E-state index >= 15 is 0 Å². The monoisotopic (exact) mass is 279 g/mol.